The van der Waals surface area contributed by atoms with Crippen molar-refractivity contribution in [2.75, 3.05) is 20.0 Å². The molecule has 3 heteroatoms. The van der Waals surface area contributed by atoms with Crippen molar-refractivity contribution in [3.8, 4) is 0 Å². The summed E-state index contributed by atoms with van der Waals surface area (Å²) in [4.78, 5) is 0. The van der Waals surface area contributed by atoms with Crippen molar-refractivity contribution in [3.63, 3.8) is 0 Å². The molecule has 1 aliphatic carbocycles. The van der Waals surface area contributed by atoms with Gasteiger partial charge in [-0.2, -0.15) is 11.8 Å². The second-order valence-corrected chi connectivity index (χ2v) is 6.44. The zero-order valence-corrected chi connectivity index (χ0v) is 12.8. The topological polar surface area (TPSA) is 21.3 Å². The van der Waals surface area contributed by atoms with E-state index in [0.717, 1.165) is 11.9 Å². The Balaban J connectivity index is 1.96. The maximum absolute atomic E-state index is 5.39. The molecule has 1 fully saturated rings. The van der Waals surface area contributed by atoms with Gasteiger partial charge in [0.25, 0.3) is 0 Å². The largest absolute Gasteiger partial charge is 0.383 e. The Morgan fingerprint density at radius 3 is 2.79 bits per heavy atom. The fourth-order valence-corrected chi connectivity index (χ4v) is 3.71. The quantitative estimate of drug-likeness (QED) is 0.859. The van der Waals surface area contributed by atoms with Gasteiger partial charge in [0.05, 0.1) is 12.6 Å². The smallest absolute Gasteiger partial charge is 0.0657 e. The highest BCUT2D eigenvalue weighted by atomic mass is 32.2. The van der Waals surface area contributed by atoms with E-state index in [2.05, 4.69) is 41.9 Å². The van der Waals surface area contributed by atoms with Gasteiger partial charge in [-0.25, -0.2) is 0 Å². The van der Waals surface area contributed by atoms with Gasteiger partial charge in [-0.3, -0.25) is 0 Å². The minimum atomic E-state index is 0.316. The third-order valence-corrected chi connectivity index (χ3v) is 5.03. The molecule has 0 heterocycles. The number of rotatable bonds is 6. The fraction of sp³-hybridized carbons (Fsp3) is 0.625. The van der Waals surface area contributed by atoms with Crippen LogP contribution in [0, 0.1) is 0 Å². The molecule has 0 aliphatic heterocycles. The van der Waals surface area contributed by atoms with Crippen LogP contribution >= 0.6 is 11.8 Å². The van der Waals surface area contributed by atoms with Crippen LogP contribution in [0.15, 0.2) is 30.3 Å². The Labute approximate surface area is 121 Å². The number of ether oxygens (including phenoxy) is 1. The van der Waals surface area contributed by atoms with Crippen LogP contribution in [0.2, 0.25) is 0 Å². The van der Waals surface area contributed by atoms with Crippen LogP contribution in [0.4, 0.5) is 0 Å². The summed E-state index contributed by atoms with van der Waals surface area (Å²) in [7, 11) is 1.78. The predicted octanol–water partition coefficient (Wildman–Crippen LogP) is 3.64. The third kappa shape index (κ3) is 4.51. The average Bonchev–Trinajstić information content (AvgIpc) is 2.48. The molecular formula is C16H25NOS. The molecule has 1 aromatic carbocycles. The lowest BCUT2D eigenvalue weighted by Crippen LogP contribution is -2.39. The van der Waals surface area contributed by atoms with Crippen molar-refractivity contribution in [2.24, 2.45) is 0 Å². The number of nitrogens with one attached hydrogen (secondary N) is 1. The van der Waals surface area contributed by atoms with Gasteiger partial charge in [-0.15, -0.1) is 0 Å². The molecular weight excluding hydrogens is 254 g/mol. The molecule has 1 aromatic rings. The summed E-state index contributed by atoms with van der Waals surface area (Å²) < 4.78 is 5.39. The number of hydrogen-bond donors (Lipinski definition) is 1. The van der Waals surface area contributed by atoms with E-state index in [0.29, 0.717) is 12.1 Å². The molecule has 1 saturated carbocycles. The molecule has 0 saturated heterocycles. The Hall–Kier alpha value is -0.510. The first kappa shape index (κ1) is 14.9. The van der Waals surface area contributed by atoms with Crippen LogP contribution in [-0.2, 0) is 4.74 Å². The summed E-state index contributed by atoms with van der Waals surface area (Å²) in [6.45, 7) is 0.741. The molecule has 3 unspecified atom stereocenters. The van der Waals surface area contributed by atoms with Gasteiger partial charge in [-0.1, -0.05) is 36.8 Å². The van der Waals surface area contributed by atoms with E-state index < -0.39 is 0 Å². The van der Waals surface area contributed by atoms with Crippen molar-refractivity contribution in [2.45, 2.75) is 43.0 Å². The highest BCUT2D eigenvalue weighted by molar-refractivity contribution is 7.99. The Morgan fingerprint density at radius 1 is 1.32 bits per heavy atom. The van der Waals surface area contributed by atoms with E-state index in [1.165, 1.54) is 31.2 Å². The molecule has 3 atom stereocenters. The van der Waals surface area contributed by atoms with Crippen LogP contribution in [0.5, 0.6) is 0 Å². The molecule has 0 bridgehead atoms. The minimum absolute atomic E-state index is 0.316. The maximum Gasteiger partial charge on any atom is 0.0657 e. The number of thioether (sulfide) groups is 1. The van der Waals surface area contributed by atoms with Crippen LogP contribution in [-0.4, -0.2) is 31.3 Å². The van der Waals surface area contributed by atoms with Crippen molar-refractivity contribution < 1.29 is 4.74 Å². The van der Waals surface area contributed by atoms with E-state index in [-0.39, 0.29) is 0 Å². The predicted molar refractivity (Wildman–Crippen MR) is 83.8 cm³/mol. The summed E-state index contributed by atoms with van der Waals surface area (Å²) in [5.41, 5.74) is 1.33. The highest BCUT2D eigenvalue weighted by Crippen LogP contribution is 2.28. The lowest BCUT2D eigenvalue weighted by molar-refractivity contribution is 0.156. The summed E-state index contributed by atoms with van der Waals surface area (Å²) >= 11 is 2.01. The van der Waals surface area contributed by atoms with Crippen LogP contribution in [0.3, 0.4) is 0 Å². The molecule has 0 amide bonds. The molecule has 0 radical (unpaired) electrons. The lowest BCUT2D eigenvalue weighted by atomic mass is 9.93. The average molecular weight is 279 g/mol. The Kier molecular flexibility index (Phi) is 6.21. The molecule has 1 aliphatic rings. The van der Waals surface area contributed by atoms with Gasteiger partial charge in [0, 0.05) is 18.4 Å². The first-order valence-electron chi connectivity index (χ1n) is 7.16. The Bertz CT molecular complexity index is 357. The highest BCUT2D eigenvalue weighted by Gasteiger charge is 2.23. The van der Waals surface area contributed by atoms with Gasteiger partial charge in [0.1, 0.15) is 0 Å². The van der Waals surface area contributed by atoms with Crippen molar-refractivity contribution in [3.05, 3.63) is 35.9 Å². The number of benzene rings is 1. The van der Waals surface area contributed by atoms with E-state index in [1.807, 2.05) is 11.8 Å². The van der Waals surface area contributed by atoms with Gasteiger partial charge >= 0.3 is 0 Å². The molecule has 106 valence electrons. The van der Waals surface area contributed by atoms with Crippen LogP contribution in [0.25, 0.3) is 0 Å². The zero-order valence-electron chi connectivity index (χ0n) is 12.0. The van der Waals surface area contributed by atoms with Crippen molar-refractivity contribution in [1.29, 1.82) is 0 Å². The van der Waals surface area contributed by atoms with Crippen LogP contribution < -0.4 is 5.32 Å². The fourth-order valence-electron chi connectivity index (χ4n) is 2.89. The summed E-state index contributed by atoms with van der Waals surface area (Å²) in [6, 6.07) is 11.6. The maximum atomic E-state index is 5.39. The standard InChI is InChI=1S/C16H25NOS/c1-18-12-16(13-7-4-3-5-8-13)17-14-9-6-10-15(11-14)19-2/h3-5,7-8,14-17H,6,9-12H2,1-2H3. The van der Waals surface area contributed by atoms with Gasteiger partial charge in [0.15, 0.2) is 0 Å². The first-order chi connectivity index (χ1) is 9.33. The molecule has 0 spiro atoms. The summed E-state index contributed by atoms with van der Waals surface area (Å²) in [5.74, 6) is 0. The van der Waals surface area contributed by atoms with Crippen molar-refractivity contribution >= 4 is 11.8 Å². The van der Waals surface area contributed by atoms with Gasteiger partial charge in [-0.05, 0) is 31.1 Å². The van der Waals surface area contributed by atoms with Crippen molar-refractivity contribution in [1.82, 2.24) is 5.32 Å². The summed E-state index contributed by atoms with van der Waals surface area (Å²) in [6.07, 6.45) is 7.53. The van der Waals surface area contributed by atoms with Gasteiger partial charge < -0.3 is 10.1 Å². The van der Waals surface area contributed by atoms with Gasteiger partial charge in [0.2, 0.25) is 0 Å². The SMILES string of the molecule is COCC(NC1CCCC(SC)C1)c1ccccc1. The minimum Gasteiger partial charge on any atom is -0.383 e. The van der Waals surface area contributed by atoms with E-state index in [4.69, 9.17) is 4.74 Å². The number of methoxy groups -OCH3 is 1. The first-order valence-corrected chi connectivity index (χ1v) is 8.45. The van der Waals surface area contributed by atoms with Crippen LogP contribution in [0.1, 0.15) is 37.3 Å². The summed E-state index contributed by atoms with van der Waals surface area (Å²) in [5, 5.41) is 4.62. The third-order valence-electron chi connectivity index (χ3n) is 3.93. The molecule has 2 rings (SSSR count). The lowest BCUT2D eigenvalue weighted by Gasteiger charge is -2.32. The number of hydrogen-bond acceptors (Lipinski definition) is 3. The van der Waals surface area contributed by atoms with E-state index >= 15 is 0 Å². The monoisotopic (exact) mass is 279 g/mol. The second-order valence-electron chi connectivity index (χ2n) is 5.31. The molecule has 1 N–H and O–H groups in total. The van der Waals surface area contributed by atoms with E-state index in [1.54, 1.807) is 7.11 Å². The Morgan fingerprint density at radius 2 is 2.11 bits per heavy atom. The second kappa shape index (κ2) is 7.93. The molecule has 0 aromatic heterocycles. The normalized spacial score (nSPS) is 25.2. The molecule has 19 heavy (non-hydrogen) atoms. The molecule has 2 nitrogen and oxygen atoms in total. The zero-order chi connectivity index (χ0) is 13.5. The van der Waals surface area contributed by atoms with E-state index in [9.17, 15) is 0 Å².